The number of para-hydroxylation sites is 1. The SMILES string of the molecule is O=C(N/N=C/c1ccccn1)c1cc2ccccc2oc1=O. The number of amides is 1. The molecule has 2 aromatic heterocycles. The molecular weight excluding hydrogens is 282 g/mol. The van der Waals surface area contributed by atoms with Crippen LogP contribution in [-0.2, 0) is 0 Å². The smallest absolute Gasteiger partial charge is 0.349 e. The molecule has 108 valence electrons. The third-order valence-corrected chi connectivity index (χ3v) is 2.94. The average molecular weight is 293 g/mol. The van der Waals surface area contributed by atoms with E-state index in [2.05, 4.69) is 15.5 Å². The van der Waals surface area contributed by atoms with E-state index in [9.17, 15) is 9.59 Å². The topological polar surface area (TPSA) is 84.6 Å². The Balaban J connectivity index is 1.82. The molecule has 3 rings (SSSR count). The van der Waals surface area contributed by atoms with Crippen LogP contribution in [0.3, 0.4) is 0 Å². The van der Waals surface area contributed by atoms with Gasteiger partial charge in [-0.2, -0.15) is 5.10 Å². The van der Waals surface area contributed by atoms with Gasteiger partial charge in [-0.3, -0.25) is 9.78 Å². The Morgan fingerprint density at radius 2 is 2.00 bits per heavy atom. The number of nitrogens with one attached hydrogen (secondary N) is 1. The first-order valence-electron chi connectivity index (χ1n) is 6.51. The molecule has 0 radical (unpaired) electrons. The first-order chi connectivity index (χ1) is 10.7. The molecule has 1 amide bonds. The first-order valence-corrected chi connectivity index (χ1v) is 6.51. The van der Waals surface area contributed by atoms with Crippen LogP contribution in [0.15, 0.2) is 69.0 Å². The van der Waals surface area contributed by atoms with Gasteiger partial charge in [0.2, 0.25) is 0 Å². The maximum atomic E-state index is 12.0. The summed E-state index contributed by atoms with van der Waals surface area (Å²) in [5, 5.41) is 4.44. The number of hydrazone groups is 1. The second-order valence-corrected chi connectivity index (χ2v) is 4.44. The molecule has 0 aliphatic heterocycles. The summed E-state index contributed by atoms with van der Waals surface area (Å²) in [6.45, 7) is 0. The number of hydrogen-bond acceptors (Lipinski definition) is 5. The normalized spacial score (nSPS) is 10.9. The highest BCUT2D eigenvalue weighted by Gasteiger charge is 2.12. The molecule has 0 spiro atoms. The van der Waals surface area contributed by atoms with Gasteiger partial charge in [0.05, 0.1) is 11.9 Å². The van der Waals surface area contributed by atoms with Gasteiger partial charge >= 0.3 is 5.63 Å². The quantitative estimate of drug-likeness (QED) is 0.454. The van der Waals surface area contributed by atoms with Crippen molar-refractivity contribution in [3.05, 3.63) is 76.4 Å². The van der Waals surface area contributed by atoms with Gasteiger partial charge < -0.3 is 4.42 Å². The van der Waals surface area contributed by atoms with Crippen LogP contribution >= 0.6 is 0 Å². The number of pyridine rings is 1. The molecule has 6 nitrogen and oxygen atoms in total. The number of carbonyl (C=O) groups is 1. The Bertz CT molecular complexity index is 901. The summed E-state index contributed by atoms with van der Waals surface area (Å²) in [5.74, 6) is -0.633. The predicted molar refractivity (Wildman–Crippen MR) is 81.8 cm³/mol. The van der Waals surface area contributed by atoms with Gasteiger partial charge in [-0.05, 0) is 24.3 Å². The Hall–Kier alpha value is -3.28. The van der Waals surface area contributed by atoms with Crippen molar-refractivity contribution >= 4 is 23.1 Å². The van der Waals surface area contributed by atoms with Crippen molar-refractivity contribution in [2.45, 2.75) is 0 Å². The molecule has 0 saturated heterocycles. The van der Waals surface area contributed by atoms with Crippen molar-refractivity contribution in [3.8, 4) is 0 Å². The van der Waals surface area contributed by atoms with Crippen LogP contribution in [0.5, 0.6) is 0 Å². The Morgan fingerprint density at radius 1 is 1.18 bits per heavy atom. The number of nitrogens with zero attached hydrogens (tertiary/aromatic N) is 2. The van der Waals surface area contributed by atoms with Crippen LogP contribution in [0.25, 0.3) is 11.0 Å². The monoisotopic (exact) mass is 293 g/mol. The van der Waals surface area contributed by atoms with Crippen LogP contribution < -0.4 is 11.1 Å². The molecule has 6 heteroatoms. The third-order valence-electron chi connectivity index (χ3n) is 2.94. The Morgan fingerprint density at radius 3 is 2.82 bits per heavy atom. The van der Waals surface area contributed by atoms with Crippen LogP contribution in [0, 0.1) is 0 Å². The number of rotatable bonds is 3. The number of aromatic nitrogens is 1. The van der Waals surface area contributed by atoms with Gasteiger partial charge in [0.15, 0.2) is 0 Å². The zero-order chi connectivity index (χ0) is 15.4. The lowest BCUT2D eigenvalue weighted by atomic mass is 10.2. The van der Waals surface area contributed by atoms with Crippen LogP contribution in [0.1, 0.15) is 16.1 Å². The highest BCUT2D eigenvalue weighted by Crippen LogP contribution is 2.12. The summed E-state index contributed by atoms with van der Waals surface area (Å²) in [5.41, 5.74) is 2.50. The highest BCUT2D eigenvalue weighted by atomic mass is 16.4. The lowest BCUT2D eigenvalue weighted by Gasteiger charge is -2.00. The summed E-state index contributed by atoms with van der Waals surface area (Å²) in [7, 11) is 0. The lowest BCUT2D eigenvalue weighted by Crippen LogP contribution is -2.24. The number of carbonyl (C=O) groups excluding carboxylic acids is 1. The molecule has 3 aromatic rings. The van der Waals surface area contributed by atoms with E-state index in [1.165, 1.54) is 12.3 Å². The van der Waals surface area contributed by atoms with Crippen LogP contribution in [0.4, 0.5) is 0 Å². The van der Waals surface area contributed by atoms with E-state index in [1.807, 2.05) is 0 Å². The standard InChI is InChI=1S/C16H11N3O3/c20-15(19-18-10-12-6-3-4-8-17-12)13-9-11-5-1-2-7-14(11)22-16(13)21/h1-10H,(H,19,20)/b18-10+. The van der Waals surface area contributed by atoms with Crippen molar-refractivity contribution < 1.29 is 9.21 Å². The average Bonchev–Trinajstić information content (AvgIpc) is 2.55. The summed E-state index contributed by atoms with van der Waals surface area (Å²) < 4.78 is 5.10. The largest absolute Gasteiger partial charge is 0.422 e. The fourth-order valence-corrected chi connectivity index (χ4v) is 1.89. The fourth-order valence-electron chi connectivity index (χ4n) is 1.89. The summed E-state index contributed by atoms with van der Waals surface area (Å²) in [6, 6.07) is 13.8. The van der Waals surface area contributed by atoms with Crippen molar-refractivity contribution in [1.29, 1.82) is 0 Å². The number of fused-ring (bicyclic) bond motifs is 1. The van der Waals surface area contributed by atoms with E-state index in [0.717, 1.165) is 0 Å². The van der Waals surface area contributed by atoms with E-state index in [1.54, 1.807) is 48.7 Å². The van der Waals surface area contributed by atoms with Gasteiger partial charge in [0.25, 0.3) is 5.91 Å². The molecule has 22 heavy (non-hydrogen) atoms. The second-order valence-electron chi connectivity index (χ2n) is 4.44. The van der Waals surface area contributed by atoms with E-state index in [0.29, 0.717) is 16.7 Å². The van der Waals surface area contributed by atoms with Crippen molar-refractivity contribution in [1.82, 2.24) is 10.4 Å². The first kappa shape index (κ1) is 13.7. The second kappa shape index (κ2) is 6.01. The minimum absolute atomic E-state index is 0.100. The Labute approximate surface area is 125 Å². The summed E-state index contributed by atoms with van der Waals surface area (Å²) in [6.07, 6.45) is 3.00. The van der Waals surface area contributed by atoms with E-state index in [4.69, 9.17) is 4.42 Å². The molecule has 1 N–H and O–H groups in total. The van der Waals surface area contributed by atoms with Gasteiger partial charge in [-0.25, -0.2) is 10.2 Å². The van der Waals surface area contributed by atoms with Gasteiger partial charge in [0.1, 0.15) is 11.1 Å². The fraction of sp³-hybridized carbons (Fsp3) is 0. The Kier molecular flexibility index (Phi) is 3.74. The molecule has 2 heterocycles. The van der Waals surface area contributed by atoms with Crippen molar-refractivity contribution in [2.75, 3.05) is 0 Å². The predicted octanol–water partition coefficient (Wildman–Crippen LogP) is 1.95. The minimum atomic E-state index is -0.704. The van der Waals surface area contributed by atoms with E-state index < -0.39 is 11.5 Å². The number of hydrogen-bond donors (Lipinski definition) is 1. The van der Waals surface area contributed by atoms with Gasteiger partial charge in [0, 0.05) is 11.6 Å². The third kappa shape index (κ3) is 2.90. The van der Waals surface area contributed by atoms with Crippen LogP contribution in [0.2, 0.25) is 0 Å². The van der Waals surface area contributed by atoms with E-state index in [-0.39, 0.29) is 5.56 Å². The lowest BCUT2D eigenvalue weighted by molar-refractivity contribution is 0.0951. The summed E-state index contributed by atoms with van der Waals surface area (Å²) >= 11 is 0. The maximum Gasteiger partial charge on any atom is 0.349 e. The van der Waals surface area contributed by atoms with Gasteiger partial charge in [-0.1, -0.05) is 24.3 Å². The van der Waals surface area contributed by atoms with Gasteiger partial charge in [-0.15, -0.1) is 0 Å². The zero-order valence-corrected chi connectivity index (χ0v) is 11.4. The highest BCUT2D eigenvalue weighted by molar-refractivity contribution is 5.97. The molecule has 0 aliphatic rings. The number of benzene rings is 1. The van der Waals surface area contributed by atoms with Crippen molar-refractivity contribution in [3.63, 3.8) is 0 Å². The molecule has 0 bridgehead atoms. The molecule has 0 aliphatic carbocycles. The van der Waals surface area contributed by atoms with E-state index >= 15 is 0 Å². The molecular formula is C16H11N3O3. The zero-order valence-electron chi connectivity index (χ0n) is 11.4. The minimum Gasteiger partial charge on any atom is -0.422 e. The molecule has 0 fully saturated rings. The molecule has 1 aromatic carbocycles. The summed E-state index contributed by atoms with van der Waals surface area (Å²) in [4.78, 5) is 27.8. The van der Waals surface area contributed by atoms with Crippen molar-refractivity contribution in [2.24, 2.45) is 5.10 Å². The molecule has 0 saturated carbocycles. The molecule has 0 atom stereocenters. The van der Waals surface area contributed by atoms with Crippen LogP contribution in [-0.4, -0.2) is 17.1 Å². The molecule has 0 unspecified atom stereocenters. The maximum absolute atomic E-state index is 12.0.